The number of halogens is 1. The fourth-order valence-electron chi connectivity index (χ4n) is 2.26. The first kappa shape index (κ1) is 15.5. The van der Waals surface area contributed by atoms with E-state index in [9.17, 15) is 9.18 Å². The summed E-state index contributed by atoms with van der Waals surface area (Å²) in [4.78, 5) is 12.3. The minimum absolute atomic E-state index is 0.0147. The first-order valence-electron chi connectivity index (χ1n) is 6.89. The van der Waals surface area contributed by atoms with Crippen molar-refractivity contribution in [2.45, 2.75) is 31.9 Å². The topological polar surface area (TPSA) is 64.3 Å². The first-order valence-corrected chi connectivity index (χ1v) is 6.89. The molecule has 112 valence electrons. The summed E-state index contributed by atoms with van der Waals surface area (Å²) in [5.41, 5.74) is 5.37. The van der Waals surface area contributed by atoms with E-state index in [1.54, 1.807) is 0 Å². The fraction of sp³-hybridized carbons (Fsp3) is 0.438. The molecule has 1 aliphatic rings. The lowest BCUT2D eigenvalue weighted by atomic mass is 9.94. The Bertz CT molecular complexity index is 606. The second-order valence-corrected chi connectivity index (χ2v) is 5.34. The first-order chi connectivity index (χ1) is 9.96. The lowest BCUT2D eigenvalue weighted by Gasteiger charge is -2.29. The Morgan fingerprint density at radius 2 is 2.38 bits per heavy atom. The van der Waals surface area contributed by atoms with Gasteiger partial charge in [-0.2, -0.15) is 0 Å². The van der Waals surface area contributed by atoms with E-state index in [1.165, 1.54) is 18.2 Å². The predicted molar refractivity (Wildman–Crippen MR) is 78.2 cm³/mol. The molecule has 21 heavy (non-hydrogen) atoms. The Balaban J connectivity index is 2.22. The van der Waals surface area contributed by atoms with Crippen molar-refractivity contribution in [2.75, 3.05) is 13.2 Å². The number of carbonyl (C=O) groups is 1. The summed E-state index contributed by atoms with van der Waals surface area (Å²) in [5, 5.41) is 2.87. The van der Waals surface area contributed by atoms with Gasteiger partial charge >= 0.3 is 0 Å². The highest BCUT2D eigenvalue weighted by atomic mass is 19.1. The standard InChI is InChI=1S/C16H19FN2O2/c1-11-16(2,7-9-21-11)19-15(20)13-10-12(4-3-8-18)5-6-14(13)17/h5-6,10-11H,7-9,18H2,1-2H3,(H,19,20). The summed E-state index contributed by atoms with van der Waals surface area (Å²) in [6.45, 7) is 4.60. The molecule has 1 saturated heterocycles. The van der Waals surface area contributed by atoms with E-state index in [2.05, 4.69) is 17.2 Å². The van der Waals surface area contributed by atoms with Gasteiger partial charge in [-0.3, -0.25) is 4.79 Å². The van der Waals surface area contributed by atoms with E-state index in [0.29, 0.717) is 18.6 Å². The molecule has 2 atom stereocenters. The van der Waals surface area contributed by atoms with Gasteiger partial charge in [-0.25, -0.2) is 4.39 Å². The molecule has 1 amide bonds. The van der Waals surface area contributed by atoms with Crippen molar-refractivity contribution in [1.82, 2.24) is 5.32 Å². The molecule has 1 aromatic carbocycles. The van der Waals surface area contributed by atoms with Crippen LogP contribution in [0.1, 0.15) is 36.2 Å². The van der Waals surface area contributed by atoms with E-state index in [1.807, 2.05) is 13.8 Å². The van der Waals surface area contributed by atoms with Gasteiger partial charge in [0.25, 0.3) is 5.91 Å². The van der Waals surface area contributed by atoms with Crippen molar-refractivity contribution in [3.63, 3.8) is 0 Å². The van der Waals surface area contributed by atoms with Crippen molar-refractivity contribution in [1.29, 1.82) is 0 Å². The van der Waals surface area contributed by atoms with Gasteiger partial charge < -0.3 is 15.8 Å². The Morgan fingerprint density at radius 3 is 3.00 bits per heavy atom. The van der Waals surface area contributed by atoms with E-state index in [-0.39, 0.29) is 18.2 Å². The summed E-state index contributed by atoms with van der Waals surface area (Å²) < 4.78 is 19.3. The third kappa shape index (κ3) is 3.41. The van der Waals surface area contributed by atoms with E-state index in [0.717, 1.165) is 0 Å². The Hall–Kier alpha value is -1.90. The predicted octanol–water partition coefficient (Wildman–Crippen LogP) is 1.43. The average Bonchev–Trinajstić information content (AvgIpc) is 2.77. The highest BCUT2D eigenvalue weighted by Crippen LogP contribution is 2.25. The largest absolute Gasteiger partial charge is 0.376 e. The third-order valence-corrected chi connectivity index (χ3v) is 3.83. The maximum atomic E-state index is 13.9. The van der Waals surface area contributed by atoms with Crippen LogP contribution in [-0.2, 0) is 4.74 Å². The maximum absolute atomic E-state index is 13.9. The molecule has 1 heterocycles. The van der Waals surface area contributed by atoms with Crippen molar-refractivity contribution in [2.24, 2.45) is 5.73 Å². The van der Waals surface area contributed by atoms with Crippen LogP contribution in [-0.4, -0.2) is 30.7 Å². The summed E-state index contributed by atoms with van der Waals surface area (Å²) in [6, 6.07) is 4.21. The lowest BCUT2D eigenvalue weighted by molar-refractivity contribution is 0.0724. The molecule has 2 rings (SSSR count). The number of ether oxygens (including phenoxy) is 1. The van der Waals surface area contributed by atoms with Crippen molar-refractivity contribution < 1.29 is 13.9 Å². The summed E-state index contributed by atoms with van der Waals surface area (Å²) in [7, 11) is 0. The summed E-state index contributed by atoms with van der Waals surface area (Å²) in [5.74, 6) is 4.45. The minimum atomic E-state index is -0.569. The highest BCUT2D eigenvalue weighted by Gasteiger charge is 2.38. The molecule has 1 aromatic rings. The quantitative estimate of drug-likeness (QED) is 0.810. The second kappa shape index (κ2) is 6.25. The van der Waals surface area contributed by atoms with Crippen LogP contribution in [0.15, 0.2) is 18.2 Å². The van der Waals surface area contributed by atoms with Crippen molar-refractivity contribution >= 4 is 5.91 Å². The van der Waals surface area contributed by atoms with Gasteiger partial charge in [-0.1, -0.05) is 11.8 Å². The monoisotopic (exact) mass is 290 g/mol. The zero-order valence-electron chi connectivity index (χ0n) is 12.2. The molecule has 0 aliphatic carbocycles. The molecule has 1 fully saturated rings. The SMILES string of the molecule is CC1OCCC1(C)NC(=O)c1cc(C#CCN)ccc1F. The Labute approximate surface area is 123 Å². The van der Waals surface area contributed by atoms with Gasteiger partial charge in [0, 0.05) is 12.2 Å². The molecule has 1 aliphatic heterocycles. The summed E-state index contributed by atoms with van der Waals surface area (Å²) in [6.07, 6.45) is 0.596. The van der Waals surface area contributed by atoms with Gasteiger partial charge in [0.1, 0.15) is 5.82 Å². The van der Waals surface area contributed by atoms with Crippen LogP contribution in [0.3, 0.4) is 0 Å². The van der Waals surface area contributed by atoms with Gasteiger partial charge in [0.15, 0.2) is 0 Å². The average molecular weight is 290 g/mol. The molecule has 4 nitrogen and oxygen atoms in total. The number of nitrogens with two attached hydrogens (primary N) is 1. The van der Waals surface area contributed by atoms with Gasteiger partial charge in [0.2, 0.25) is 0 Å². The molecule has 3 N–H and O–H groups in total. The van der Waals surface area contributed by atoms with E-state index < -0.39 is 17.3 Å². The lowest BCUT2D eigenvalue weighted by Crippen LogP contribution is -2.50. The zero-order valence-corrected chi connectivity index (χ0v) is 12.2. The molecular formula is C16H19FN2O2. The van der Waals surface area contributed by atoms with Crippen LogP contribution in [0.4, 0.5) is 4.39 Å². The second-order valence-electron chi connectivity index (χ2n) is 5.34. The van der Waals surface area contributed by atoms with Crippen LogP contribution in [0.5, 0.6) is 0 Å². The van der Waals surface area contributed by atoms with Crippen LogP contribution >= 0.6 is 0 Å². The number of nitrogens with one attached hydrogen (secondary N) is 1. The van der Waals surface area contributed by atoms with E-state index in [4.69, 9.17) is 10.5 Å². The van der Waals surface area contributed by atoms with Crippen LogP contribution in [0, 0.1) is 17.7 Å². The van der Waals surface area contributed by atoms with Crippen molar-refractivity contribution in [3.8, 4) is 11.8 Å². The van der Waals surface area contributed by atoms with E-state index >= 15 is 0 Å². The van der Waals surface area contributed by atoms with Gasteiger partial charge in [0.05, 0.1) is 23.8 Å². The third-order valence-electron chi connectivity index (χ3n) is 3.83. The number of amides is 1. The zero-order chi connectivity index (χ0) is 15.5. The maximum Gasteiger partial charge on any atom is 0.254 e. The fourth-order valence-corrected chi connectivity index (χ4v) is 2.26. The minimum Gasteiger partial charge on any atom is -0.376 e. The molecule has 0 spiro atoms. The molecule has 0 aromatic heterocycles. The highest BCUT2D eigenvalue weighted by molar-refractivity contribution is 5.95. The summed E-state index contributed by atoms with van der Waals surface area (Å²) >= 11 is 0. The number of hydrogen-bond donors (Lipinski definition) is 2. The smallest absolute Gasteiger partial charge is 0.254 e. The number of benzene rings is 1. The molecular weight excluding hydrogens is 271 g/mol. The van der Waals surface area contributed by atoms with Gasteiger partial charge in [-0.05, 0) is 38.5 Å². The molecule has 0 saturated carbocycles. The number of carbonyl (C=O) groups excluding carboxylic acids is 1. The molecule has 0 bridgehead atoms. The van der Waals surface area contributed by atoms with Crippen molar-refractivity contribution in [3.05, 3.63) is 35.1 Å². The number of rotatable bonds is 2. The molecule has 2 unspecified atom stereocenters. The van der Waals surface area contributed by atoms with Crippen LogP contribution in [0.25, 0.3) is 0 Å². The normalized spacial score (nSPS) is 24.3. The van der Waals surface area contributed by atoms with Crippen LogP contribution < -0.4 is 11.1 Å². The number of hydrogen-bond acceptors (Lipinski definition) is 3. The molecule has 5 heteroatoms. The van der Waals surface area contributed by atoms with Gasteiger partial charge in [-0.15, -0.1) is 0 Å². The molecule has 0 radical (unpaired) electrons. The Kier molecular flexibility index (Phi) is 4.61. The van der Waals surface area contributed by atoms with Crippen LogP contribution in [0.2, 0.25) is 0 Å². The Morgan fingerprint density at radius 1 is 1.62 bits per heavy atom.